The van der Waals surface area contributed by atoms with Gasteiger partial charge in [0.15, 0.2) is 0 Å². The number of aliphatic hydroxyl groups excluding tert-OH is 1. The third-order valence-electron chi connectivity index (χ3n) is 4.90. The second-order valence-electron chi connectivity index (χ2n) is 5.73. The summed E-state index contributed by atoms with van der Waals surface area (Å²) in [6.07, 6.45) is 5.85. The molecule has 1 nitrogen and oxygen atoms in total. The van der Waals surface area contributed by atoms with Crippen molar-refractivity contribution in [3.63, 3.8) is 0 Å². The molecule has 4 bridgehead atoms. The van der Waals surface area contributed by atoms with E-state index in [0.29, 0.717) is 17.8 Å². The van der Waals surface area contributed by atoms with E-state index in [4.69, 9.17) is 0 Å². The van der Waals surface area contributed by atoms with Crippen molar-refractivity contribution >= 4 is 0 Å². The number of hydrogen-bond donors (Lipinski definition) is 1. The van der Waals surface area contributed by atoms with Gasteiger partial charge in [0.2, 0.25) is 0 Å². The second-order valence-corrected chi connectivity index (χ2v) is 5.73. The van der Waals surface area contributed by atoms with Crippen LogP contribution in [0.15, 0.2) is 0 Å². The minimum Gasteiger partial charge on any atom is -0.390 e. The molecule has 4 rings (SSSR count). The van der Waals surface area contributed by atoms with Gasteiger partial charge in [0, 0.05) is 0 Å². The van der Waals surface area contributed by atoms with E-state index >= 15 is 0 Å². The average molecular weight is 198 g/mol. The van der Waals surface area contributed by atoms with Crippen molar-refractivity contribution in [1.82, 2.24) is 0 Å². The van der Waals surface area contributed by atoms with Crippen molar-refractivity contribution < 1.29 is 9.50 Å². The summed E-state index contributed by atoms with van der Waals surface area (Å²) in [6, 6.07) is 0. The molecular weight excluding hydrogens is 179 g/mol. The molecule has 0 aromatic carbocycles. The van der Waals surface area contributed by atoms with E-state index in [-0.39, 0.29) is 0 Å². The lowest BCUT2D eigenvalue weighted by molar-refractivity contribution is -0.0940. The number of rotatable bonds is 2. The standard InChI is InChI=1S/C12H19FO/c13-6-11(14)12-9-2-7-1-8(4-9)5-10(12)3-7/h7-12,14H,1-6H2/t7?,8?,9?,10?,11-,12?/m0/s1. The van der Waals surface area contributed by atoms with E-state index in [0.717, 1.165) is 11.8 Å². The molecule has 80 valence electrons. The number of hydrogen-bond acceptors (Lipinski definition) is 1. The van der Waals surface area contributed by atoms with E-state index in [9.17, 15) is 9.50 Å². The van der Waals surface area contributed by atoms with Crippen molar-refractivity contribution in [3.8, 4) is 0 Å². The Morgan fingerprint density at radius 2 is 1.50 bits per heavy atom. The first kappa shape index (κ1) is 9.14. The topological polar surface area (TPSA) is 20.2 Å². The Morgan fingerprint density at radius 1 is 1.00 bits per heavy atom. The smallest absolute Gasteiger partial charge is 0.116 e. The molecule has 0 unspecified atom stereocenters. The van der Waals surface area contributed by atoms with Gasteiger partial charge < -0.3 is 5.11 Å². The summed E-state index contributed by atoms with van der Waals surface area (Å²) in [5.41, 5.74) is 0. The summed E-state index contributed by atoms with van der Waals surface area (Å²) in [5.74, 6) is 3.43. The van der Waals surface area contributed by atoms with Gasteiger partial charge in [-0.05, 0) is 61.7 Å². The summed E-state index contributed by atoms with van der Waals surface area (Å²) >= 11 is 0. The molecular formula is C12H19FO. The molecule has 1 N–H and O–H groups in total. The van der Waals surface area contributed by atoms with Gasteiger partial charge in [-0.3, -0.25) is 0 Å². The Balaban J connectivity index is 1.81. The molecule has 0 aromatic rings. The highest BCUT2D eigenvalue weighted by Gasteiger charge is 2.50. The normalized spacial score (nSPS) is 52.3. The van der Waals surface area contributed by atoms with Crippen LogP contribution in [0.1, 0.15) is 32.1 Å². The highest BCUT2D eigenvalue weighted by molar-refractivity contribution is 4.99. The highest BCUT2D eigenvalue weighted by Crippen LogP contribution is 2.57. The van der Waals surface area contributed by atoms with Crippen LogP contribution < -0.4 is 0 Å². The lowest BCUT2D eigenvalue weighted by atomic mass is 9.51. The zero-order chi connectivity index (χ0) is 9.71. The van der Waals surface area contributed by atoms with Crippen LogP contribution in [0, 0.1) is 29.6 Å². The predicted molar refractivity (Wildman–Crippen MR) is 52.5 cm³/mol. The Morgan fingerprint density at radius 3 is 1.93 bits per heavy atom. The van der Waals surface area contributed by atoms with Crippen molar-refractivity contribution in [2.24, 2.45) is 29.6 Å². The number of aliphatic hydroxyl groups is 1. The van der Waals surface area contributed by atoms with Gasteiger partial charge in [0.05, 0.1) is 6.10 Å². The first-order valence-corrected chi connectivity index (χ1v) is 6.02. The fraction of sp³-hybridized carbons (Fsp3) is 1.00. The maximum atomic E-state index is 12.5. The second kappa shape index (κ2) is 3.19. The van der Waals surface area contributed by atoms with Crippen LogP contribution in [0.4, 0.5) is 4.39 Å². The zero-order valence-corrected chi connectivity index (χ0v) is 8.53. The fourth-order valence-corrected chi connectivity index (χ4v) is 4.70. The molecule has 1 atom stereocenters. The quantitative estimate of drug-likeness (QED) is 0.722. The lowest BCUT2D eigenvalue weighted by Crippen LogP contribution is -2.49. The molecule has 0 radical (unpaired) electrons. The molecule has 4 fully saturated rings. The van der Waals surface area contributed by atoms with Crippen LogP contribution in [-0.2, 0) is 0 Å². The van der Waals surface area contributed by atoms with Crippen LogP contribution in [0.5, 0.6) is 0 Å². The van der Waals surface area contributed by atoms with Crippen LogP contribution in [0.3, 0.4) is 0 Å². The largest absolute Gasteiger partial charge is 0.390 e. The van der Waals surface area contributed by atoms with Crippen LogP contribution in [0.2, 0.25) is 0 Å². The van der Waals surface area contributed by atoms with Crippen LogP contribution >= 0.6 is 0 Å². The van der Waals surface area contributed by atoms with E-state index in [2.05, 4.69) is 0 Å². The van der Waals surface area contributed by atoms with Gasteiger partial charge in [-0.25, -0.2) is 4.39 Å². The third-order valence-corrected chi connectivity index (χ3v) is 4.90. The molecule has 0 saturated heterocycles. The Bertz CT molecular complexity index is 200. The molecule has 0 aromatic heterocycles. The van der Waals surface area contributed by atoms with Crippen molar-refractivity contribution in [2.45, 2.75) is 38.2 Å². The number of halogens is 1. The molecule has 0 amide bonds. The minimum atomic E-state index is -0.662. The van der Waals surface area contributed by atoms with Crippen molar-refractivity contribution in [2.75, 3.05) is 6.67 Å². The summed E-state index contributed by atoms with van der Waals surface area (Å²) in [4.78, 5) is 0. The average Bonchev–Trinajstić information content (AvgIpc) is 2.15. The van der Waals surface area contributed by atoms with Gasteiger partial charge in [-0.1, -0.05) is 0 Å². The van der Waals surface area contributed by atoms with E-state index in [1.165, 1.54) is 32.1 Å². The molecule has 2 heteroatoms. The molecule has 14 heavy (non-hydrogen) atoms. The molecule has 0 heterocycles. The van der Waals surface area contributed by atoms with Gasteiger partial charge in [-0.15, -0.1) is 0 Å². The Kier molecular flexibility index (Phi) is 2.08. The monoisotopic (exact) mass is 198 g/mol. The molecule has 4 aliphatic carbocycles. The highest BCUT2D eigenvalue weighted by atomic mass is 19.1. The molecule has 0 spiro atoms. The first-order chi connectivity index (χ1) is 6.78. The predicted octanol–water partition coefficient (Wildman–Crippen LogP) is 2.39. The third kappa shape index (κ3) is 1.23. The molecule has 4 saturated carbocycles. The van der Waals surface area contributed by atoms with Gasteiger partial charge in [0.1, 0.15) is 6.67 Å². The first-order valence-electron chi connectivity index (χ1n) is 6.02. The van der Waals surface area contributed by atoms with Crippen molar-refractivity contribution in [3.05, 3.63) is 0 Å². The van der Waals surface area contributed by atoms with Crippen molar-refractivity contribution in [1.29, 1.82) is 0 Å². The zero-order valence-electron chi connectivity index (χ0n) is 8.53. The summed E-state index contributed by atoms with van der Waals surface area (Å²) < 4.78 is 12.5. The van der Waals surface area contributed by atoms with E-state index in [1.54, 1.807) is 0 Å². The summed E-state index contributed by atoms with van der Waals surface area (Å²) in [5, 5.41) is 9.71. The van der Waals surface area contributed by atoms with Crippen LogP contribution in [-0.4, -0.2) is 17.9 Å². The maximum Gasteiger partial charge on any atom is 0.116 e. The fourth-order valence-electron chi connectivity index (χ4n) is 4.70. The SMILES string of the molecule is O[C@@H](CF)C1C2CC3CC(C2)CC1C3. The van der Waals surface area contributed by atoms with E-state index in [1.807, 2.05) is 0 Å². The number of alkyl halides is 1. The summed E-state index contributed by atoms with van der Waals surface area (Å²) in [6.45, 7) is -0.535. The van der Waals surface area contributed by atoms with E-state index < -0.39 is 12.8 Å². The van der Waals surface area contributed by atoms with Crippen LogP contribution in [0.25, 0.3) is 0 Å². The van der Waals surface area contributed by atoms with Gasteiger partial charge >= 0.3 is 0 Å². The molecule has 0 aliphatic heterocycles. The Hall–Kier alpha value is -0.110. The maximum absolute atomic E-state index is 12.5. The summed E-state index contributed by atoms with van der Waals surface area (Å²) in [7, 11) is 0. The Labute approximate surface area is 84.7 Å². The minimum absolute atomic E-state index is 0.299. The van der Waals surface area contributed by atoms with Gasteiger partial charge in [-0.2, -0.15) is 0 Å². The molecule has 4 aliphatic rings. The van der Waals surface area contributed by atoms with Gasteiger partial charge in [0.25, 0.3) is 0 Å². The lowest BCUT2D eigenvalue weighted by Gasteiger charge is -2.55.